The van der Waals surface area contributed by atoms with E-state index in [1.54, 1.807) is 6.07 Å². The van der Waals surface area contributed by atoms with Crippen LogP contribution in [0.1, 0.15) is 26.5 Å². The molecule has 0 atom stereocenters. The van der Waals surface area contributed by atoms with Crippen molar-refractivity contribution in [2.75, 3.05) is 11.5 Å². The van der Waals surface area contributed by atoms with E-state index in [-0.39, 0.29) is 5.95 Å². The quantitative estimate of drug-likeness (QED) is 0.569. The first kappa shape index (κ1) is 14.3. The fraction of sp³-hybridized carbons (Fsp3) is 0.214. The summed E-state index contributed by atoms with van der Waals surface area (Å²) in [7, 11) is 0. The summed E-state index contributed by atoms with van der Waals surface area (Å²) in [6, 6.07) is 3.50. The minimum absolute atomic E-state index is 0.151. The largest absolute Gasteiger partial charge is 0.477 e. The zero-order valence-corrected chi connectivity index (χ0v) is 12.5. The highest BCUT2D eigenvalue weighted by Crippen LogP contribution is 2.25. The average Bonchev–Trinajstić information content (AvgIpc) is 3.06. The van der Waals surface area contributed by atoms with Crippen molar-refractivity contribution in [1.29, 1.82) is 0 Å². The van der Waals surface area contributed by atoms with Crippen molar-refractivity contribution in [1.82, 2.24) is 15.0 Å². The molecule has 8 heteroatoms. The Hall–Kier alpha value is -2.61. The molecule has 0 spiro atoms. The Balaban J connectivity index is 1.70. The smallest absolute Gasteiger partial charge is 0.345 e. The first-order valence-electron chi connectivity index (χ1n) is 6.75. The number of H-pyrrole nitrogens is 1. The monoisotopic (exact) mass is 317 g/mol. The number of thiophene rings is 1. The molecule has 0 aromatic carbocycles. The molecule has 7 nitrogen and oxygen atoms in total. The van der Waals surface area contributed by atoms with Crippen LogP contribution in [0.3, 0.4) is 0 Å². The molecule has 22 heavy (non-hydrogen) atoms. The van der Waals surface area contributed by atoms with Crippen LogP contribution in [0.15, 0.2) is 18.3 Å². The fourth-order valence-corrected chi connectivity index (χ4v) is 3.31. The van der Waals surface area contributed by atoms with Crippen LogP contribution in [0.25, 0.3) is 11.0 Å². The molecule has 114 valence electrons. The van der Waals surface area contributed by atoms with Gasteiger partial charge in [-0.25, -0.2) is 4.79 Å². The number of nitrogen functional groups attached to an aromatic ring is 2. The number of nitrogens with one attached hydrogen (secondary N) is 1. The first-order valence-corrected chi connectivity index (χ1v) is 7.57. The maximum Gasteiger partial charge on any atom is 0.345 e. The lowest BCUT2D eigenvalue weighted by Crippen LogP contribution is -2.00. The van der Waals surface area contributed by atoms with Gasteiger partial charge in [-0.2, -0.15) is 9.97 Å². The summed E-state index contributed by atoms with van der Waals surface area (Å²) in [4.78, 5) is 23.4. The van der Waals surface area contributed by atoms with Crippen LogP contribution in [-0.2, 0) is 12.8 Å². The Morgan fingerprint density at radius 2 is 2.09 bits per heavy atom. The molecule has 0 bridgehead atoms. The molecule has 0 radical (unpaired) electrons. The van der Waals surface area contributed by atoms with Gasteiger partial charge in [-0.15, -0.1) is 11.3 Å². The second kappa shape index (κ2) is 5.64. The van der Waals surface area contributed by atoms with Gasteiger partial charge in [0.2, 0.25) is 5.95 Å². The number of hydrogen-bond acceptors (Lipinski definition) is 6. The number of aromatic nitrogens is 3. The zero-order valence-electron chi connectivity index (χ0n) is 11.7. The van der Waals surface area contributed by atoms with Crippen molar-refractivity contribution >= 4 is 40.1 Å². The van der Waals surface area contributed by atoms with Gasteiger partial charge >= 0.3 is 5.97 Å². The van der Waals surface area contributed by atoms with Gasteiger partial charge in [0.25, 0.3) is 0 Å². The lowest BCUT2D eigenvalue weighted by Gasteiger charge is -2.02. The van der Waals surface area contributed by atoms with Gasteiger partial charge in [0.1, 0.15) is 16.3 Å². The Kier molecular flexibility index (Phi) is 3.68. The van der Waals surface area contributed by atoms with E-state index in [4.69, 9.17) is 16.6 Å². The maximum atomic E-state index is 10.9. The molecular weight excluding hydrogens is 302 g/mol. The van der Waals surface area contributed by atoms with Crippen molar-refractivity contribution < 1.29 is 9.90 Å². The molecule has 0 unspecified atom stereocenters. The molecule has 3 heterocycles. The molecule has 3 rings (SSSR count). The molecule has 3 aromatic heterocycles. The molecule has 0 aliphatic rings. The minimum Gasteiger partial charge on any atom is -0.477 e. The number of nitrogens with zero attached hydrogens (tertiary/aromatic N) is 2. The summed E-state index contributed by atoms with van der Waals surface area (Å²) >= 11 is 1.31. The van der Waals surface area contributed by atoms with Gasteiger partial charge in [-0.05, 0) is 37.0 Å². The number of nitrogens with two attached hydrogens (primary N) is 2. The molecule has 0 aliphatic heterocycles. The fourth-order valence-electron chi connectivity index (χ4n) is 2.42. The van der Waals surface area contributed by atoms with Gasteiger partial charge in [0.05, 0.1) is 5.39 Å². The van der Waals surface area contributed by atoms with Crippen LogP contribution in [0.5, 0.6) is 0 Å². The van der Waals surface area contributed by atoms with Crippen LogP contribution < -0.4 is 11.5 Å². The minimum atomic E-state index is -0.879. The average molecular weight is 317 g/mol. The SMILES string of the molecule is Nc1nc(N)c2c(CCCc3ccc(C(=O)O)s3)c[nH]c2n1. The number of fused-ring (bicyclic) bond motifs is 1. The summed E-state index contributed by atoms with van der Waals surface area (Å²) < 4.78 is 0. The van der Waals surface area contributed by atoms with Crippen LogP contribution in [-0.4, -0.2) is 26.0 Å². The van der Waals surface area contributed by atoms with E-state index in [2.05, 4.69) is 15.0 Å². The highest BCUT2D eigenvalue weighted by Gasteiger charge is 2.11. The molecule has 6 N–H and O–H groups in total. The van der Waals surface area contributed by atoms with E-state index in [1.807, 2.05) is 12.3 Å². The summed E-state index contributed by atoms with van der Waals surface area (Å²) in [5, 5.41) is 9.73. The number of aromatic carboxylic acids is 1. The molecule has 0 amide bonds. The molecule has 0 aliphatic carbocycles. The van der Waals surface area contributed by atoms with E-state index >= 15 is 0 Å². The molecule has 0 saturated carbocycles. The van der Waals surface area contributed by atoms with E-state index < -0.39 is 5.97 Å². The van der Waals surface area contributed by atoms with Crippen molar-refractivity contribution in [3.8, 4) is 0 Å². The topological polar surface area (TPSA) is 131 Å². The van der Waals surface area contributed by atoms with Gasteiger partial charge in [0.15, 0.2) is 0 Å². The third-order valence-electron chi connectivity index (χ3n) is 3.40. The Morgan fingerprint density at radius 3 is 2.82 bits per heavy atom. The summed E-state index contributed by atoms with van der Waals surface area (Å²) in [5.41, 5.74) is 13.2. The third-order valence-corrected chi connectivity index (χ3v) is 4.53. The van der Waals surface area contributed by atoms with E-state index in [9.17, 15) is 4.79 Å². The van der Waals surface area contributed by atoms with Crippen molar-refractivity contribution in [2.45, 2.75) is 19.3 Å². The summed E-state index contributed by atoms with van der Waals surface area (Å²) in [6.07, 6.45) is 4.38. The molecule has 3 aromatic rings. The van der Waals surface area contributed by atoms with Crippen molar-refractivity contribution in [3.05, 3.63) is 33.6 Å². The third kappa shape index (κ3) is 2.73. The summed E-state index contributed by atoms with van der Waals surface area (Å²) in [6.45, 7) is 0. The number of hydrogen-bond donors (Lipinski definition) is 4. The Labute approximate surface area is 130 Å². The Morgan fingerprint density at radius 1 is 1.27 bits per heavy atom. The summed E-state index contributed by atoms with van der Waals surface area (Å²) in [5.74, 6) is -0.350. The number of carbonyl (C=O) groups is 1. The van der Waals surface area contributed by atoms with Crippen molar-refractivity contribution in [2.24, 2.45) is 0 Å². The number of carboxylic acids is 1. The predicted octanol–water partition coefficient (Wildman–Crippen LogP) is 2.06. The van der Waals surface area contributed by atoms with Crippen molar-refractivity contribution in [3.63, 3.8) is 0 Å². The lowest BCUT2D eigenvalue weighted by molar-refractivity contribution is 0.0702. The standard InChI is InChI=1S/C14H15N5O2S/c15-11-10-7(6-17-12(10)19-14(16)18-11)2-1-3-8-4-5-9(22-8)13(20)21/h4-6H,1-3H2,(H,20,21)(H5,15,16,17,18,19). The second-order valence-corrected chi connectivity index (χ2v) is 6.10. The predicted molar refractivity (Wildman–Crippen MR) is 86.0 cm³/mol. The number of aryl methyl sites for hydroxylation is 2. The van der Waals surface area contributed by atoms with Crippen LogP contribution in [0.2, 0.25) is 0 Å². The number of aromatic amines is 1. The Bertz CT molecular complexity index is 839. The van der Waals surface area contributed by atoms with Gasteiger partial charge in [-0.3, -0.25) is 0 Å². The molecular formula is C14H15N5O2S. The van der Waals surface area contributed by atoms with Gasteiger partial charge in [0, 0.05) is 11.1 Å². The molecule has 0 fully saturated rings. The van der Waals surface area contributed by atoms with Gasteiger partial charge < -0.3 is 21.6 Å². The second-order valence-electron chi connectivity index (χ2n) is 4.93. The first-order chi connectivity index (χ1) is 10.5. The van der Waals surface area contributed by atoms with E-state index in [0.717, 1.165) is 35.1 Å². The normalized spacial score (nSPS) is 11.1. The van der Waals surface area contributed by atoms with E-state index in [0.29, 0.717) is 16.3 Å². The number of carboxylic acid groups (broad SMARTS) is 1. The van der Waals surface area contributed by atoms with Gasteiger partial charge in [-0.1, -0.05) is 0 Å². The zero-order chi connectivity index (χ0) is 15.7. The maximum absolute atomic E-state index is 10.9. The lowest BCUT2D eigenvalue weighted by atomic mass is 10.1. The molecule has 0 saturated heterocycles. The van der Waals surface area contributed by atoms with Crippen LogP contribution in [0.4, 0.5) is 11.8 Å². The number of anilines is 2. The number of rotatable bonds is 5. The highest BCUT2D eigenvalue weighted by molar-refractivity contribution is 7.13. The van der Waals surface area contributed by atoms with Crippen LogP contribution in [0, 0.1) is 0 Å². The van der Waals surface area contributed by atoms with E-state index in [1.165, 1.54) is 11.3 Å². The highest BCUT2D eigenvalue weighted by atomic mass is 32.1. The van der Waals surface area contributed by atoms with Crippen LogP contribution >= 0.6 is 11.3 Å².